The number of benzene rings is 2. The Morgan fingerprint density at radius 3 is 2.24 bits per heavy atom. The summed E-state index contributed by atoms with van der Waals surface area (Å²) in [5.74, 6) is -0.0739. The highest BCUT2D eigenvalue weighted by Gasteiger charge is 1.97. The highest BCUT2D eigenvalue weighted by atomic mass is 16.1. The number of hydrogen-bond acceptors (Lipinski definition) is 1. The summed E-state index contributed by atoms with van der Waals surface area (Å²) in [4.78, 5) is 11.8. The maximum absolute atomic E-state index is 11.8. The standard InChI is InChI=1S/C19H21NO/c1-3-16-8-10-17(11-9-16)12-13-19(21)20-14-18-6-4-15(2)5-7-18/h4-13H,3,14H2,1-2H3,(H,20,21)/b13-12+. The summed E-state index contributed by atoms with van der Waals surface area (Å²) in [7, 11) is 0. The quantitative estimate of drug-likeness (QED) is 0.827. The lowest BCUT2D eigenvalue weighted by molar-refractivity contribution is -0.116. The highest BCUT2D eigenvalue weighted by Crippen LogP contribution is 2.07. The van der Waals surface area contributed by atoms with Gasteiger partial charge in [-0.05, 0) is 36.1 Å². The molecule has 0 spiro atoms. The van der Waals surface area contributed by atoms with Gasteiger partial charge in [-0.1, -0.05) is 61.0 Å². The van der Waals surface area contributed by atoms with Crippen molar-refractivity contribution in [3.05, 3.63) is 76.9 Å². The topological polar surface area (TPSA) is 29.1 Å². The SMILES string of the molecule is CCc1ccc(/C=C/C(=O)NCc2ccc(C)cc2)cc1. The van der Waals surface area contributed by atoms with Crippen LogP contribution >= 0.6 is 0 Å². The van der Waals surface area contributed by atoms with E-state index in [2.05, 4.69) is 31.3 Å². The lowest BCUT2D eigenvalue weighted by atomic mass is 10.1. The molecule has 21 heavy (non-hydrogen) atoms. The van der Waals surface area contributed by atoms with Gasteiger partial charge in [0, 0.05) is 12.6 Å². The van der Waals surface area contributed by atoms with Gasteiger partial charge in [-0.2, -0.15) is 0 Å². The maximum Gasteiger partial charge on any atom is 0.244 e. The van der Waals surface area contributed by atoms with Gasteiger partial charge in [0.2, 0.25) is 5.91 Å². The largest absolute Gasteiger partial charge is 0.348 e. The molecule has 2 aromatic rings. The van der Waals surface area contributed by atoms with Crippen LogP contribution in [-0.4, -0.2) is 5.91 Å². The highest BCUT2D eigenvalue weighted by molar-refractivity contribution is 5.91. The predicted molar refractivity (Wildman–Crippen MR) is 87.9 cm³/mol. The summed E-state index contributed by atoms with van der Waals surface area (Å²) in [5, 5.41) is 2.89. The van der Waals surface area contributed by atoms with Crippen LogP contribution in [0.3, 0.4) is 0 Å². The Labute approximate surface area is 126 Å². The minimum absolute atomic E-state index is 0.0739. The smallest absolute Gasteiger partial charge is 0.244 e. The lowest BCUT2D eigenvalue weighted by Gasteiger charge is -2.03. The van der Waals surface area contributed by atoms with E-state index in [0.29, 0.717) is 6.54 Å². The summed E-state index contributed by atoms with van der Waals surface area (Å²) in [6.07, 6.45) is 4.44. The predicted octanol–water partition coefficient (Wildman–Crippen LogP) is 3.89. The molecule has 108 valence electrons. The third kappa shape index (κ3) is 4.92. The molecule has 0 heterocycles. The van der Waals surface area contributed by atoms with Crippen molar-refractivity contribution in [3.8, 4) is 0 Å². The van der Waals surface area contributed by atoms with E-state index in [1.165, 1.54) is 11.1 Å². The van der Waals surface area contributed by atoms with Crippen molar-refractivity contribution in [1.82, 2.24) is 5.32 Å². The van der Waals surface area contributed by atoms with Gasteiger partial charge in [-0.15, -0.1) is 0 Å². The van der Waals surface area contributed by atoms with Gasteiger partial charge in [0.25, 0.3) is 0 Å². The normalized spacial score (nSPS) is 10.8. The lowest BCUT2D eigenvalue weighted by Crippen LogP contribution is -2.20. The molecule has 0 saturated heterocycles. The number of carbonyl (C=O) groups is 1. The number of carbonyl (C=O) groups excluding carboxylic acids is 1. The summed E-state index contributed by atoms with van der Waals surface area (Å²) in [6.45, 7) is 4.73. The van der Waals surface area contributed by atoms with Crippen LogP contribution in [0.1, 0.15) is 29.2 Å². The molecular weight excluding hydrogens is 258 g/mol. The second kappa shape index (κ2) is 7.44. The Morgan fingerprint density at radius 2 is 1.62 bits per heavy atom. The van der Waals surface area contributed by atoms with E-state index in [4.69, 9.17) is 0 Å². The fourth-order valence-corrected chi connectivity index (χ4v) is 1.99. The van der Waals surface area contributed by atoms with E-state index in [1.54, 1.807) is 6.08 Å². The number of hydrogen-bond donors (Lipinski definition) is 1. The van der Waals surface area contributed by atoms with Crippen molar-refractivity contribution in [2.75, 3.05) is 0 Å². The molecule has 0 fully saturated rings. The molecule has 0 saturated carbocycles. The van der Waals surface area contributed by atoms with Crippen molar-refractivity contribution < 1.29 is 4.79 Å². The minimum atomic E-state index is -0.0739. The fourth-order valence-electron chi connectivity index (χ4n) is 1.99. The van der Waals surface area contributed by atoms with Gasteiger partial charge in [0.15, 0.2) is 0 Å². The van der Waals surface area contributed by atoms with Crippen LogP contribution in [0.4, 0.5) is 0 Å². The molecule has 0 atom stereocenters. The zero-order chi connectivity index (χ0) is 15.1. The molecule has 1 amide bonds. The molecule has 0 aliphatic rings. The van der Waals surface area contributed by atoms with E-state index in [1.807, 2.05) is 42.5 Å². The van der Waals surface area contributed by atoms with Crippen molar-refractivity contribution >= 4 is 12.0 Å². The Hall–Kier alpha value is -2.35. The Kier molecular flexibility index (Phi) is 5.33. The van der Waals surface area contributed by atoms with Gasteiger partial charge in [-0.3, -0.25) is 4.79 Å². The molecule has 0 bridgehead atoms. The van der Waals surface area contributed by atoms with Crippen LogP contribution in [-0.2, 0) is 17.8 Å². The molecule has 0 aromatic heterocycles. The molecule has 0 aliphatic carbocycles. The maximum atomic E-state index is 11.8. The Morgan fingerprint density at radius 1 is 1.00 bits per heavy atom. The molecule has 2 aromatic carbocycles. The third-order valence-electron chi connectivity index (χ3n) is 3.40. The van der Waals surface area contributed by atoms with E-state index < -0.39 is 0 Å². The average Bonchev–Trinajstić information content (AvgIpc) is 2.53. The van der Waals surface area contributed by atoms with Gasteiger partial charge < -0.3 is 5.32 Å². The molecule has 0 aliphatic heterocycles. The Bertz CT molecular complexity index is 609. The summed E-state index contributed by atoms with van der Waals surface area (Å²) >= 11 is 0. The van der Waals surface area contributed by atoms with Crippen LogP contribution in [0.2, 0.25) is 0 Å². The molecule has 0 radical (unpaired) electrons. The second-order valence-corrected chi connectivity index (χ2v) is 5.13. The number of amides is 1. The first kappa shape index (κ1) is 15.0. The minimum Gasteiger partial charge on any atom is -0.348 e. The van der Waals surface area contributed by atoms with Crippen molar-refractivity contribution in [2.45, 2.75) is 26.8 Å². The molecular formula is C19H21NO. The first-order valence-corrected chi connectivity index (χ1v) is 7.28. The fraction of sp³-hybridized carbons (Fsp3) is 0.211. The average molecular weight is 279 g/mol. The summed E-state index contributed by atoms with van der Waals surface area (Å²) in [5.41, 5.74) is 4.67. The van der Waals surface area contributed by atoms with Crippen molar-refractivity contribution in [3.63, 3.8) is 0 Å². The van der Waals surface area contributed by atoms with Crippen LogP contribution in [0, 0.1) is 6.92 Å². The monoisotopic (exact) mass is 279 g/mol. The molecule has 1 N–H and O–H groups in total. The van der Waals surface area contributed by atoms with Gasteiger partial charge in [0.05, 0.1) is 0 Å². The first-order valence-electron chi connectivity index (χ1n) is 7.28. The van der Waals surface area contributed by atoms with Gasteiger partial charge in [0.1, 0.15) is 0 Å². The van der Waals surface area contributed by atoms with Crippen LogP contribution in [0.5, 0.6) is 0 Å². The number of aryl methyl sites for hydroxylation is 2. The first-order chi connectivity index (χ1) is 10.2. The van der Waals surface area contributed by atoms with E-state index in [-0.39, 0.29) is 5.91 Å². The van der Waals surface area contributed by atoms with Crippen LogP contribution in [0.25, 0.3) is 6.08 Å². The molecule has 2 rings (SSSR count). The Balaban J connectivity index is 1.85. The number of nitrogens with one attached hydrogen (secondary N) is 1. The van der Waals surface area contributed by atoms with E-state index in [9.17, 15) is 4.79 Å². The third-order valence-corrected chi connectivity index (χ3v) is 3.40. The molecule has 0 unspecified atom stereocenters. The van der Waals surface area contributed by atoms with E-state index in [0.717, 1.165) is 17.5 Å². The van der Waals surface area contributed by atoms with Crippen molar-refractivity contribution in [2.24, 2.45) is 0 Å². The van der Waals surface area contributed by atoms with Gasteiger partial charge in [-0.25, -0.2) is 0 Å². The number of rotatable bonds is 5. The molecule has 2 nitrogen and oxygen atoms in total. The van der Waals surface area contributed by atoms with Crippen LogP contribution < -0.4 is 5.32 Å². The van der Waals surface area contributed by atoms with Gasteiger partial charge >= 0.3 is 0 Å². The summed E-state index contributed by atoms with van der Waals surface area (Å²) in [6, 6.07) is 16.4. The van der Waals surface area contributed by atoms with Crippen molar-refractivity contribution in [1.29, 1.82) is 0 Å². The zero-order valence-corrected chi connectivity index (χ0v) is 12.6. The zero-order valence-electron chi connectivity index (χ0n) is 12.6. The van der Waals surface area contributed by atoms with E-state index >= 15 is 0 Å². The molecule has 2 heteroatoms. The van der Waals surface area contributed by atoms with Crippen LogP contribution in [0.15, 0.2) is 54.6 Å². The second-order valence-electron chi connectivity index (χ2n) is 5.13. The summed E-state index contributed by atoms with van der Waals surface area (Å²) < 4.78 is 0.